The average molecular weight is 693 g/mol. The fraction of sp³-hybridized carbons (Fsp3) is 0.257. The zero-order chi connectivity index (χ0) is 32.6. The Morgan fingerprint density at radius 3 is 2.13 bits per heavy atom. The Kier molecular flexibility index (Phi) is 11.4. The maximum absolute atomic E-state index is 14.5. The maximum Gasteiger partial charge on any atom is 0.264 e. The van der Waals surface area contributed by atoms with Crippen molar-refractivity contribution >= 4 is 43.5 Å². The first-order chi connectivity index (χ1) is 21.5. The molecule has 0 aliphatic rings. The molecule has 0 saturated carbocycles. The van der Waals surface area contributed by atoms with Gasteiger partial charge in [-0.05, 0) is 80.4 Å². The second-order valence-corrected chi connectivity index (χ2v) is 13.8. The van der Waals surface area contributed by atoms with Crippen LogP contribution in [0, 0.1) is 6.92 Å². The summed E-state index contributed by atoms with van der Waals surface area (Å²) in [6.07, 6.45) is 0.234. The van der Waals surface area contributed by atoms with Gasteiger partial charge in [0.1, 0.15) is 18.3 Å². The van der Waals surface area contributed by atoms with Gasteiger partial charge >= 0.3 is 0 Å². The number of hydrogen-bond acceptors (Lipinski definition) is 5. The predicted molar refractivity (Wildman–Crippen MR) is 181 cm³/mol. The smallest absolute Gasteiger partial charge is 0.264 e. The van der Waals surface area contributed by atoms with Crippen LogP contribution in [0.3, 0.4) is 0 Å². The number of nitrogens with one attached hydrogen (secondary N) is 1. The van der Waals surface area contributed by atoms with Crippen molar-refractivity contribution in [2.24, 2.45) is 0 Å². The number of amides is 2. The van der Waals surface area contributed by atoms with Gasteiger partial charge in [0.2, 0.25) is 11.8 Å². The first kappa shape index (κ1) is 33.7. The van der Waals surface area contributed by atoms with Gasteiger partial charge in [-0.25, -0.2) is 8.42 Å². The fourth-order valence-corrected chi connectivity index (χ4v) is 6.55. The van der Waals surface area contributed by atoms with E-state index in [0.717, 1.165) is 25.5 Å². The van der Waals surface area contributed by atoms with Crippen molar-refractivity contribution < 1.29 is 22.7 Å². The van der Waals surface area contributed by atoms with E-state index in [4.69, 9.17) is 4.74 Å². The molecular weight excluding hydrogens is 654 g/mol. The summed E-state index contributed by atoms with van der Waals surface area (Å²) in [5.74, 6) is -0.262. The Bertz CT molecular complexity index is 1700. The Balaban J connectivity index is 1.81. The minimum Gasteiger partial charge on any atom is -0.497 e. The van der Waals surface area contributed by atoms with Crippen LogP contribution < -0.4 is 14.4 Å². The molecule has 0 unspecified atom stereocenters. The fourth-order valence-electron chi connectivity index (χ4n) is 4.88. The Hall–Kier alpha value is -4.15. The Labute approximate surface area is 274 Å². The van der Waals surface area contributed by atoms with Gasteiger partial charge in [0, 0.05) is 23.5 Å². The molecule has 4 aromatic carbocycles. The molecule has 45 heavy (non-hydrogen) atoms. The van der Waals surface area contributed by atoms with Gasteiger partial charge in [0.25, 0.3) is 10.0 Å². The van der Waals surface area contributed by atoms with Crippen molar-refractivity contribution in [1.82, 2.24) is 10.2 Å². The largest absolute Gasteiger partial charge is 0.497 e. The van der Waals surface area contributed by atoms with Gasteiger partial charge < -0.3 is 15.0 Å². The summed E-state index contributed by atoms with van der Waals surface area (Å²) < 4.78 is 35.5. The summed E-state index contributed by atoms with van der Waals surface area (Å²) in [6.45, 7) is 5.11. The second kappa shape index (κ2) is 15.2. The lowest BCUT2D eigenvalue weighted by Crippen LogP contribution is -2.54. The lowest BCUT2D eigenvalue weighted by atomic mass is 10.0. The van der Waals surface area contributed by atoms with Gasteiger partial charge in [-0.15, -0.1) is 0 Å². The summed E-state index contributed by atoms with van der Waals surface area (Å²) in [7, 11) is -2.61. The highest BCUT2D eigenvalue weighted by atomic mass is 79.9. The maximum atomic E-state index is 14.5. The zero-order valence-electron chi connectivity index (χ0n) is 25.8. The standard InChI is InChI=1S/C35H38BrN3O5S/c1-25(2)37-35(41)33(22-27-9-6-5-7-10-27)38(23-28-11-8-12-31(21-28)44-4)34(40)24-39(30-17-15-29(36)16-18-30)45(42,43)32-19-13-26(3)14-20-32/h5-21,25,33H,22-24H2,1-4H3,(H,37,41)/t33-/m0/s1. The van der Waals surface area contributed by atoms with Crippen molar-refractivity contribution in [2.75, 3.05) is 18.0 Å². The molecule has 0 aliphatic carbocycles. The van der Waals surface area contributed by atoms with E-state index >= 15 is 0 Å². The number of carbonyl (C=O) groups excluding carboxylic acids is 2. The Morgan fingerprint density at radius 2 is 1.51 bits per heavy atom. The molecule has 0 aromatic heterocycles. The number of aryl methyl sites for hydroxylation is 1. The van der Waals surface area contributed by atoms with Crippen molar-refractivity contribution in [3.05, 3.63) is 124 Å². The lowest BCUT2D eigenvalue weighted by Gasteiger charge is -2.34. The van der Waals surface area contributed by atoms with E-state index in [1.54, 1.807) is 55.6 Å². The van der Waals surface area contributed by atoms with Crippen LogP contribution in [0.4, 0.5) is 5.69 Å². The van der Waals surface area contributed by atoms with E-state index in [-0.39, 0.29) is 29.8 Å². The number of methoxy groups -OCH3 is 1. The minimum absolute atomic E-state index is 0.0534. The molecule has 0 fully saturated rings. The number of hydrogen-bond donors (Lipinski definition) is 1. The molecule has 1 atom stereocenters. The van der Waals surface area contributed by atoms with Crippen LogP contribution in [0.5, 0.6) is 5.75 Å². The quantitative estimate of drug-likeness (QED) is 0.182. The highest BCUT2D eigenvalue weighted by Gasteiger charge is 2.35. The Morgan fingerprint density at radius 1 is 0.867 bits per heavy atom. The van der Waals surface area contributed by atoms with Gasteiger partial charge in [-0.2, -0.15) is 0 Å². The normalized spacial score (nSPS) is 12.0. The number of nitrogens with zero attached hydrogens (tertiary/aromatic N) is 2. The number of benzene rings is 4. The number of sulfonamides is 1. The predicted octanol–water partition coefficient (Wildman–Crippen LogP) is 6.13. The van der Waals surface area contributed by atoms with E-state index < -0.39 is 28.5 Å². The summed E-state index contributed by atoms with van der Waals surface area (Å²) in [5, 5.41) is 2.96. The monoisotopic (exact) mass is 691 g/mol. The van der Waals surface area contributed by atoms with Crippen molar-refractivity contribution in [1.29, 1.82) is 0 Å². The van der Waals surface area contributed by atoms with Crippen LogP contribution in [0.2, 0.25) is 0 Å². The summed E-state index contributed by atoms with van der Waals surface area (Å²) in [4.78, 5) is 29.8. The van der Waals surface area contributed by atoms with Crippen LogP contribution in [0.15, 0.2) is 112 Å². The van der Waals surface area contributed by atoms with E-state index in [1.165, 1.54) is 17.0 Å². The summed E-state index contributed by atoms with van der Waals surface area (Å²) in [5.41, 5.74) is 2.82. The van der Waals surface area contributed by atoms with E-state index in [2.05, 4.69) is 21.2 Å². The highest BCUT2D eigenvalue weighted by molar-refractivity contribution is 9.10. The topological polar surface area (TPSA) is 96.0 Å². The van der Waals surface area contributed by atoms with Crippen LogP contribution in [-0.4, -0.2) is 50.9 Å². The minimum atomic E-state index is -4.17. The van der Waals surface area contributed by atoms with Gasteiger partial charge in [0.15, 0.2) is 0 Å². The number of anilines is 1. The number of halogens is 1. The van der Waals surface area contributed by atoms with Crippen LogP contribution in [0.1, 0.15) is 30.5 Å². The molecule has 0 spiro atoms. The molecule has 10 heteroatoms. The van der Waals surface area contributed by atoms with E-state index in [1.807, 2.05) is 63.2 Å². The zero-order valence-corrected chi connectivity index (χ0v) is 28.2. The van der Waals surface area contributed by atoms with Crippen LogP contribution in [-0.2, 0) is 32.6 Å². The molecule has 4 rings (SSSR count). The summed E-state index contributed by atoms with van der Waals surface area (Å²) >= 11 is 3.41. The van der Waals surface area contributed by atoms with Crippen molar-refractivity contribution in [2.45, 2.75) is 50.7 Å². The van der Waals surface area contributed by atoms with Gasteiger partial charge in [-0.3, -0.25) is 13.9 Å². The molecule has 236 valence electrons. The molecule has 0 aliphatic heterocycles. The molecule has 0 bridgehead atoms. The van der Waals surface area contributed by atoms with Crippen molar-refractivity contribution in [3.63, 3.8) is 0 Å². The molecule has 0 radical (unpaired) electrons. The average Bonchev–Trinajstić information content (AvgIpc) is 3.02. The van der Waals surface area contributed by atoms with E-state index in [0.29, 0.717) is 11.4 Å². The first-order valence-electron chi connectivity index (χ1n) is 14.6. The second-order valence-electron chi connectivity index (χ2n) is 11.0. The lowest BCUT2D eigenvalue weighted by molar-refractivity contribution is -0.140. The van der Waals surface area contributed by atoms with Gasteiger partial charge in [-0.1, -0.05) is 76.1 Å². The molecule has 2 amide bonds. The highest BCUT2D eigenvalue weighted by Crippen LogP contribution is 2.27. The first-order valence-corrected chi connectivity index (χ1v) is 16.8. The number of rotatable bonds is 13. The van der Waals surface area contributed by atoms with Crippen molar-refractivity contribution in [3.8, 4) is 5.75 Å². The van der Waals surface area contributed by atoms with Gasteiger partial charge in [0.05, 0.1) is 17.7 Å². The molecule has 0 saturated heterocycles. The number of carbonyl (C=O) groups is 2. The molecule has 1 N–H and O–H groups in total. The molecule has 8 nitrogen and oxygen atoms in total. The van der Waals surface area contributed by atoms with Crippen LogP contribution in [0.25, 0.3) is 0 Å². The third-order valence-corrected chi connectivity index (χ3v) is 9.51. The molecule has 0 heterocycles. The third-order valence-electron chi connectivity index (χ3n) is 7.19. The van der Waals surface area contributed by atoms with Crippen LogP contribution >= 0.6 is 15.9 Å². The third kappa shape index (κ3) is 8.95. The molecular formula is C35H38BrN3O5S. The number of ether oxygens (including phenoxy) is 1. The summed E-state index contributed by atoms with van der Waals surface area (Å²) in [6, 6.07) is 28.8. The van der Waals surface area contributed by atoms with E-state index in [9.17, 15) is 18.0 Å². The molecule has 4 aromatic rings. The SMILES string of the molecule is COc1cccc(CN(C(=O)CN(c2ccc(Br)cc2)S(=O)(=O)c2ccc(C)cc2)[C@@H](Cc2ccccc2)C(=O)NC(C)C)c1.